The molecule has 2 amide bonds. The molecule has 3 heterocycles. The number of carbonyl (C=O) groups is 2. The molecule has 0 fully saturated rings. The number of anilines is 1. The third-order valence-corrected chi connectivity index (χ3v) is 5.02. The summed E-state index contributed by atoms with van der Waals surface area (Å²) in [5.41, 5.74) is 2.17. The summed E-state index contributed by atoms with van der Waals surface area (Å²) in [6.07, 6.45) is -1.58. The zero-order valence-corrected chi connectivity index (χ0v) is 17.6. The van der Waals surface area contributed by atoms with Crippen molar-refractivity contribution in [3.05, 3.63) is 46.8 Å². The predicted molar refractivity (Wildman–Crippen MR) is 107 cm³/mol. The zero-order valence-electron chi connectivity index (χ0n) is 17.6. The molecule has 1 aliphatic heterocycles. The first kappa shape index (κ1) is 22.5. The average molecular weight is 436 g/mol. The highest BCUT2D eigenvalue weighted by Crippen LogP contribution is 2.34. The molecule has 1 N–H and O–H groups in total. The number of alkyl halides is 3. The molecule has 7 nitrogen and oxygen atoms in total. The molecule has 0 saturated carbocycles. The van der Waals surface area contributed by atoms with Gasteiger partial charge >= 0.3 is 6.18 Å². The maximum atomic E-state index is 13.0. The molecule has 0 saturated heterocycles. The van der Waals surface area contributed by atoms with Crippen LogP contribution < -0.4 is 10.1 Å². The zero-order chi connectivity index (χ0) is 22.9. The van der Waals surface area contributed by atoms with Crippen LogP contribution in [0.1, 0.15) is 53.9 Å². The van der Waals surface area contributed by atoms with Crippen LogP contribution in [0.2, 0.25) is 0 Å². The lowest BCUT2D eigenvalue weighted by atomic mass is 10.1. The third-order valence-electron chi connectivity index (χ3n) is 5.02. The molecular weight excluding hydrogens is 413 g/mol. The van der Waals surface area contributed by atoms with Gasteiger partial charge in [-0.05, 0) is 31.5 Å². The first-order valence-electron chi connectivity index (χ1n) is 9.73. The summed E-state index contributed by atoms with van der Waals surface area (Å²) in [4.78, 5) is 34.8. The van der Waals surface area contributed by atoms with E-state index >= 15 is 0 Å². The summed E-state index contributed by atoms with van der Waals surface area (Å²) in [7, 11) is 0. The number of ether oxygens (including phenoxy) is 1. The van der Waals surface area contributed by atoms with Gasteiger partial charge in [-0.3, -0.25) is 9.59 Å². The van der Waals surface area contributed by atoms with Crippen molar-refractivity contribution < 1.29 is 27.5 Å². The van der Waals surface area contributed by atoms with Gasteiger partial charge in [0.15, 0.2) is 6.61 Å². The molecule has 166 valence electrons. The highest BCUT2D eigenvalue weighted by Gasteiger charge is 2.34. The van der Waals surface area contributed by atoms with E-state index in [9.17, 15) is 22.8 Å². The van der Waals surface area contributed by atoms with Gasteiger partial charge in [-0.2, -0.15) is 13.2 Å². The fourth-order valence-corrected chi connectivity index (χ4v) is 3.22. The monoisotopic (exact) mass is 436 g/mol. The largest absolute Gasteiger partial charge is 0.468 e. The minimum atomic E-state index is -4.45. The van der Waals surface area contributed by atoms with E-state index in [4.69, 9.17) is 4.74 Å². The topological polar surface area (TPSA) is 84.4 Å². The molecule has 31 heavy (non-hydrogen) atoms. The summed E-state index contributed by atoms with van der Waals surface area (Å²) < 4.78 is 41.9. The Morgan fingerprint density at radius 1 is 1.29 bits per heavy atom. The lowest BCUT2D eigenvalue weighted by Crippen LogP contribution is -2.27. The van der Waals surface area contributed by atoms with E-state index in [0.29, 0.717) is 28.1 Å². The molecule has 2 aromatic rings. The number of amides is 2. The quantitative estimate of drug-likeness (QED) is 0.739. The Hall–Kier alpha value is -3.17. The number of aryl methyl sites for hydroxylation is 1. The standard InChI is InChI=1S/C21H23F3N4O3/c1-11(2)18(29)27-17-16-9-28(20(30)15(16)5-6-25-17)13(4)14-7-12(3)19(26-8-14)31-10-21(22,23)24/h5-8,11,13H,9-10H2,1-4H3,(H,25,27,29). The van der Waals surface area contributed by atoms with Gasteiger partial charge in [0.2, 0.25) is 11.8 Å². The highest BCUT2D eigenvalue weighted by molar-refractivity contribution is 6.01. The molecule has 0 spiro atoms. The molecule has 1 atom stereocenters. The lowest BCUT2D eigenvalue weighted by Gasteiger charge is -2.25. The van der Waals surface area contributed by atoms with E-state index in [0.717, 1.165) is 0 Å². The second-order valence-electron chi connectivity index (χ2n) is 7.73. The van der Waals surface area contributed by atoms with Gasteiger partial charge in [-0.15, -0.1) is 0 Å². The molecular formula is C21H23F3N4O3. The Bertz CT molecular complexity index is 1010. The number of fused-ring (bicyclic) bond motifs is 1. The van der Waals surface area contributed by atoms with Crippen LogP contribution >= 0.6 is 0 Å². The average Bonchev–Trinajstić information content (AvgIpc) is 3.03. The van der Waals surface area contributed by atoms with Crippen LogP contribution in [0.15, 0.2) is 24.5 Å². The molecule has 1 aliphatic rings. The lowest BCUT2D eigenvalue weighted by molar-refractivity contribution is -0.154. The minimum Gasteiger partial charge on any atom is -0.468 e. The first-order chi connectivity index (χ1) is 14.5. The SMILES string of the molecule is Cc1cc(C(C)N2Cc3c(ccnc3NC(=O)C(C)C)C2=O)cnc1OCC(F)(F)F. The van der Waals surface area contributed by atoms with Gasteiger partial charge in [0.05, 0.1) is 12.6 Å². The Morgan fingerprint density at radius 2 is 2.00 bits per heavy atom. The molecule has 0 bridgehead atoms. The van der Waals surface area contributed by atoms with Gasteiger partial charge < -0.3 is 15.0 Å². The van der Waals surface area contributed by atoms with Crippen LogP contribution in [0, 0.1) is 12.8 Å². The maximum Gasteiger partial charge on any atom is 0.422 e. The van der Waals surface area contributed by atoms with Crippen molar-refractivity contribution in [1.29, 1.82) is 0 Å². The number of nitrogens with zero attached hydrogens (tertiary/aromatic N) is 3. The second-order valence-corrected chi connectivity index (χ2v) is 7.73. The third kappa shape index (κ3) is 4.95. The van der Waals surface area contributed by atoms with Crippen LogP contribution in [0.25, 0.3) is 0 Å². The van der Waals surface area contributed by atoms with Crippen LogP contribution in [0.3, 0.4) is 0 Å². The van der Waals surface area contributed by atoms with E-state index in [1.54, 1.807) is 44.7 Å². The number of nitrogens with one attached hydrogen (secondary N) is 1. The fourth-order valence-electron chi connectivity index (χ4n) is 3.22. The molecule has 0 aromatic carbocycles. The minimum absolute atomic E-state index is 0.104. The van der Waals surface area contributed by atoms with E-state index in [1.807, 2.05) is 0 Å². The smallest absolute Gasteiger partial charge is 0.422 e. The maximum absolute atomic E-state index is 13.0. The van der Waals surface area contributed by atoms with Crippen molar-refractivity contribution in [2.75, 3.05) is 11.9 Å². The first-order valence-corrected chi connectivity index (χ1v) is 9.73. The molecule has 10 heteroatoms. The van der Waals surface area contributed by atoms with Crippen molar-refractivity contribution in [3.8, 4) is 5.88 Å². The molecule has 0 aliphatic carbocycles. The van der Waals surface area contributed by atoms with Gasteiger partial charge in [-0.25, -0.2) is 9.97 Å². The Labute approximate surface area is 177 Å². The summed E-state index contributed by atoms with van der Waals surface area (Å²) in [5.74, 6) is -0.414. The molecule has 1 unspecified atom stereocenters. The number of rotatable bonds is 6. The van der Waals surface area contributed by atoms with E-state index in [-0.39, 0.29) is 30.2 Å². The van der Waals surface area contributed by atoms with E-state index < -0.39 is 18.8 Å². The van der Waals surface area contributed by atoms with Crippen molar-refractivity contribution >= 4 is 17.6 Å². The normalized spacial score (nSPS) is 14.6. The molecule has 0 radical (unpaired) electrons. The van der Waals surface area contributed by atoms with Gasteiger partial charge in [0.1, 0.15) is 5.82 Å². The van der Waals surface area contributed by atoms with Gasteiger partial charge in [-0.1, -0.05) is 13.8 Å². The van der Waals surface area contributed by atoms with Crippen LogP contribution in [0.5, 0.6) is 5.88 Å². The van der Waals surface area contributed by atoms with Gasteiger partial charge in [0, 0.05) is 35.0 Å². The Kier molecular flexibility index (Phi) is 6.19. The molecule has 2 aromatic heterocycles. The van der Waals surface area contributed by atoms with Crippen LogP contribution in [-0.4, -0.2) is 39.5 Å². The van der Waals surface area contributed by atoms with E-state index in [1.165, 1.54) is 12.4 Å². The highest BCUT2D eigenvalue weighted by atomic mass is 19.4. The molecule has 3 rings (SSSR count). The number of aromatic nitrogens is 2. The Morgan fingerprint density at radius 3 is 2.61 bits per heavy atom. The van der Waals surface area contributed by atoms with Crippen molar-refractivity contribution in [3.63, 3.8) is 0 Å². The summed E-state index contributed by atoms with van der Waals surface area (Å²) in [5, 5.41) is 2.75. The summed E-state index contributed by atoms with van der Waals surface area (Å²) >= 11 is 0. The summed E-state index contributed by atoms with van der Waals surface area (Å²) in [6, 6.07) is 2.85. The van der Waals surface area contributed by atoms with Crippen molar-refractivity contribution in [2.24, 2.45) is 5.92 Å². The number of pyridine rings is 2. The van der Waals surface area contributed by atoms with Crippen LogP contribution in [0.4, 0.5) is 19.0 Å². The van der Waals surface area contributed by atoms with Crippen molar-refractivity contribution in [1.82, 2.24) is 14.9 Å². The number of hydrogen-bond donors (Lipinski definition) is 1. The Balaban J connectivity index is 1.80. The van der Waals surface area contributed by atoms with Gasteiger partial charge in [0.25, 0.3) is 5.91 Å². The van der Waals surface area contributed by atoms with Crippen LogP contribution in [-0.2, 0) is 11.3 Å². The number of halogens is 3. The van der Waals surface area contributed by atoms with Crippen molar-refractivity contribution in [2.45, 2.75) is 46.5 Å². The van der Waals surface area contributed by atoms with E-state index in [2.05, 4.69) is 15.3 Å². The number of hydrogen-bond acceptors (Lipinski definition) is 5. The second kappa shape index (κ2) is 8.52. The number of carbonyl (C=O) groups excluding carboxylic acids is 2. The summed E-state index contributed by atoms with van der Waals surface area (Å²) in [6.45, 7) is 5.73. The fraction of sp³-hybridized carbons (Fsp3) is 0.429. The predicted octanol–water partition coefficient (Wildman–Crippen LogP) is 4.04.